The second kappa shape index (κ2) is 3.92. The molecule has 0 aromatic heterocycles. The Morgan fingerprint density at radius 3 is 2.57 bits per heavy atom. The standard InChI is InChI=1S/C10H11FINO/c11-9-7(12)3-4-8(10(9)14)13-5-1-2-6-13/h3-4,14H,1-2,5-6H2. The third-order valence-corrected chi connectivity index (χ3v) is 3.33. The fourth-order valence-electron chi connectivity index (χ4n) is 1.74. The van der Waals surface area contributed by atoms with E-state index in [1.807, 2.05) is 27.5 Å². The summed E-state index contributed by atoms with van der Waals surface area (Å²) in [6, 6.07) is 3.48. The number of phenolic OH excluding ortho intramolecular Hbond substituents is 1. The quantitative estimate of drug-likeness (QED) is 0.807. The van der Waals surface area contributed by atoms with Crippen molar-refractivity contribution in [3.63, 3.8) is 0 Å². The van der Waals surface area contributed by atoms with Gasteiger partial charge in [0.15, 0.2) is 11.6 Å². The summed E-state index contributed by atoms with van der Waals surface area (Å²) < 4.78 is 13.8. The molecule has 14 heavy (non-hydrogen) atoms. The lowest BCUT2D eigenvalue weighted by Crippen LogP contribution is -2.18. The first-order valence-corrected chi connectivity index (χ1v) is 5.70. The van der Waals surface area contributed by atoms with Gasteiger partial charge in [0, 0.05) is 13.1 Å². The zero-order chi connectivity index (χ0) is 10.1. The molecule has 0 bridgehead atoms. The van der Waals surface area contributed by atoms with E-state index in [4.69, 9.17) is 0 Å². The van der Waals surface area contributed by atoms with E-state index >= 15 is 0 Å². The van der Waals surface area contributed by atoms with Crippen LogP contribution < -0.4 is 4.90 Å². The Kier molecular flexibility index (Phi) is 2.80. The van der Waals surface area contributed by atoms with E-state index in [1.165, 1.54) is 0 Å². The summed E-state index contributed by atoms with van der Waals surface area (Å²) in [5.41, 5.74) is 0.625. The third-order valence-electron chi connectivity index (χ3n) is 2.49. The zero-order valence-corrected chi connectivity index (χ0v) is 9.79. The third kappa shape index (κ3) is 1.67. The highest BCUT2D eigenvalue weighted by Crippen LogP contribution is 2.34. The molecule has 0 atom stereocenters. The molecule has 1 aliphatic rings. The molecule has 1 heterocycles. The summed E-state index contributed by atoms with van der Waals surface area (Å²) in [5, 5.41) is 9.62. The van der Waals surface area contributed by atoms with Gasteiger partial charge in [-0.3, -0.25) is 0 Å². The summed E-state index contributed by atoms with van der Waals surface area (Å²) in [6.07, 6.45) is 2.24. The van der Waals surface area contributed by atoms with Gasteiger partial charge < -0.3 is 10.0 Å². The van der Waals surface area contributed by atoms with E-state index in [-0.39, 0.29) is 5.75 Å². The maximum Gasteiger partial charge on any atom is 0.180 e. The summed E-state index contributed by atoms with van der Waals surface area (Å²) in [6.45, 7) is 1.82. The number of hydrogen-bond donors (Lipinski definition) is 1. The van der Waals surface area contributed by atoms with Gasteiger partial charge in [0.25, 0.3) is 0 Å². The minimum Gasteiger partial charge on any atom is -0.503 e. The van der Waals surface area contributed by atoms with Crippen LogP contribution in [0, 0.1) is 9.39 Å². The molecule has 0 spiro atoms. The number of benzene rings is 1. The molecule has 1 saturated heterocycles. The van der Waals surface area contributed by atoms with Gasteiger partial charge in [-0.1, -0.05) is 0 Å². The van der Waals surface area contributed by atoms with E-state index in [1.54, 1.807) is 12.1 Å². The number of nitrogens with zero attached hydrogens (tertiary/aromatic N) is 1. The van der Waals surface area contributed by atoms with Crippen molar-refractivity contribution in [2.45, 2.75) is 12.8 Å². The van der Waals surface area contributed by atoms with E-state index in [9.17, 15) is 9.50 Å². The Labute approximate surface area is 95.9 Å². The van der Waals surface area contributed by atoms with Gasteiger partial charge in [0.05, 0.1) is 9.26 Å². The summed E-state index contributed by atoms with van der Waals surface area (Å²) in [7, 11) is 0. The highest BCUT2D eigenvalue weighted by molar-refractivity contribution is 14.1. The van der Waals surface area contributed by atoms with Crippen LogP contribution in [-0.4, -0.2) is 18.2 Å². The van der Waals surface area contributed by atoms with Gasteiger partial charge in [-0.15, -0.1) is 0 Å². The van der Waals surface area contributed by atoms with Gasteiger partial charge in [-0.05, 0) is 47.6 Å². The lowest BCUT2D eigenvalue weighted by atomic mass is 10.2. The van der Waals surface area contributed by atoms with Gasteiger partial charge >= 0.3 is 0 Å². The fraction of sp³-hybridized carbons (Fsp3) is 0.400. The first kappa shape index (κ1) is 10.0. The van der Waals surface area contributed by atoms with E-state index < -0.39 is 5.82 Å². The van der Waals surface area contributed by atoms with Crippen LogP contribution in [0.5, 0.6) is 5.75 Å². The Balaban J connectivity index is 2.38. The van der Waals surface area contributed by atoms with Crippen LogP contribution in [0.25, 0.3) is 0 Å². The van der Waals surface area contributed by atoms with Crippen LogP contribution in [-0.2, 0) is 0 Å². The van der Waals surface area contributed by atoms with Gasteiger partial charge in [-0.2, -0.15) is 0 Å². The van der Waals surface area contributed by atoms with Crippen molar-refractivity contribution < 1.29 is 9.50 Å². The normalized spacial score (nSPS) is 16.3. The summed E-state index contributed by atoms with van der Waals surface area (Å²) in [5.74, 6) is -0.714. The minimum absolute atomic E-state index is 0.209. The monoisotopic (exact) mass is 307 g/mol. The molecule has 1 aromatic rings. The Morgan fingerprint density at radius 2 is 1.93 bits per heavy atom. The smallest absolute Gasteiger partial charge is 0.180 e. The lowest BCUT2D eigenvalue weighted by Gasteiger charge is -2.19. The molecule has 2 nitrogen and oxygen atoms in total. The molecular formula is C10H11FINO. The average Bonchev–Trinajstić information content (AvgIpc) is 2.67. The number of halogens is 2. The van der Waals surface area contributed by atoms with Crippen LogP contribution in [0.4, 0.5) is 10.1 Å². The minimum atomic E-state index is -0.505. The predicted octanol–water partition coefficient (Wildman–Crippen LogP) is 2.74. The van der Waals surface area contributed by atoms with Crippen molar-refractivity contribution in [2.75, 3.05) is 18.0 Å². The van der Waals surface area contributed by atoms with Crippen molar-refractivity contribution in [2.24, 2.45) is 0 Å². The van der Waals surface area contributed by atoms with Crippen LogP contribution in [0.1, 0.15) is 12.8 Å². The topological polar surface area (TPSA) is 23.5 Å². The van der Waals surface area contributed by atoms with Crippen molar-refractivity contribution in [3.8, 4) is 5.75 Å². The maximum atomic E-state index is 13.4. The molecular weight excluding hydrogens is 296 g/mol. The van der Waals surface area contributed by atoms with Gasteiger partial charge in [0.2, 0.25) is 0 Å². The first-order valence-electron chi connectivity index (χ1n) is 4.62. The number of hydrogen-bond acceptors (Lipinski definition) is 2. The SMILES string of the molecule is Oc1c(N2CCCC2)ccc(I)c1F. The highest BCUT2D eigenvalue weighted by atomic mass is 127. The average molecular weight is 307 g/mol. The molecule has 0 radical (unpaired) electrons. The number of rotatable bonds is 1. The molecule has 0 amide bonds. The highest BCUT2D eigenvalue weighted by Gasteiger charge is 2.18. The molecule has 4 heteroatoms. The van der Waals surface area contributed by atoms with E-state index in [0.29, 0.717) is 9.26 Å². The van der Waals surface area contributed by atoms with E-state index in [0.717, 1.165) is 25.9 Å². The molecule has 76 valence electrons. The molecule has 1 N–H and O–H groups in total. The van der Waals surface area contributed by atoms with Crippen LogP contribution >= 0.6 is 22.6 Å². The molecule has 2 rings (SSSR count). The van der Waals surface area contributed by atoms with Crippen molar-refractivity contribution in [1.29, 1.82) is 0 Å². The lowest BCUT2D eigenvalue weighted by molar-refractivity contribution is 0.430. The van der Waals surface area contributed by atoms with E-state index in [2.05, 4.69) is 0 Å². The summed E-state index contributed by atoms with van der Waals surface area (Å²) in [4.78, 5) is 2.02. The second-order valence-corrected chi connectivity index (χ2v) is 4.59. The number of aromatic hydroxyl groups is 1. The fourth-order valence-corrected chi connectivity index (χ4v) is 2.18. The molecule has 1 aliphatic heterocycles. The zero-order valence-electron chi connectivity index (χ0n) is 7.63. The van der Waals surface area contributed by atoms with Crippen LogP contribution in [0.3, 0.4) is 0 Å². The van der Waals surface area contributed by atoms with Crippen LogP contribution in [0.15, 0.2) is 12.1 Å². The molecule has 0 unspecified atom stereocenters. The Hall–Kier alpha value is -0.520. The molecule has 1 aromatic carbocycles. The molecule has 1 fully saturated rings. The van der Waals surface area contributed by atoms with Crippen LogP contribution in [0.2, 0.25) is 0 Å². The van der Waals surface area contributed by atoms with Gasteiger partial charge in [-0.25, -0.2) is 4.39 Å². The second-order valence-electron chi connectivity index (χ2n) is 3.42. The van der Waals surface area contributed by atoms with Crippen molar-refractivity contribution >= 4 is 28.3 Å². The number of phenols is 1. The van der Waals surface area contributed by atoms with Crippen molar-refractivity contribution in [3.05, 3.63) is 21.5 Å². The van der Waals surface area contributed by atoms with Crippen molar-refractivity contribution in [1.82, 2.24) is 0 Å². The van der Waals surface area contributed by atoms with Gasteiger partial charge in [0.1, 0.15) is 0 Å². The largest absolute Gasteiger partial charge is 0.503 e. The molecule has 0 saturated carbocycles. The Morgan fingerprint density at radius 1 is 1.29 bits per heavy atom. The maximum absolute atomic E-state index is 13.4. The first-order chi connectivity index (χ1) is 6.70. The Bertz CT molecular complexity index is 350. The molecule has 0 aliphatic carbocycles. The predicted molar refractivity (Wildman–Crippen MR) is 62.2 cm³/mol. The summed E-state index contributed by atoms with van der Waals surface area (Å²) >= 11 is 1.88. The number of anilines is 1.